The molecule has 5 heteroatoms. The van der Waals surface area contributed by atoms with Gasteiger partial charge in [0.1, 0.15) is 11.9 Å². The van der Waals surface area contributed by atoms with Gasteiger partial charge in [-0.3, -0.25) is 5.32 Å². The van der Waals surface area contributed by atoms with Crippen LogP contribution in [0.15, 0.2) is 18.2 Å². The van der Waals surface area contributed by atoms with Gasteiger partial charge in [-0.2, -0.15) is 5.26 Å². The van der Waals surface area contributed by atoms with Crippen molar-refractivity contribution in [3.05, 3.63) is 34.6 Å². The van der Waals surface area contributed by atoms with E-state index in [1.165, 1.54) is 18.2 Å². The summed E-state index contributed by atoms with van der Waals surface area (Å²) in [6, 6.07) is 5.81. The maximum atomic E-state index is 12.9. The minimum atomic E-state index is -0.506. The molecule has 0 aliphatic heterocycles. The first-order valence-electron chi connectivity index (χ1n) is 4.76. The highest BCUT2D eigenvalue weighted by molar-refractivity contribution is 6.30. The molecule has 1 aromatic carbocycles. The molecule has 0 radical (unpaired) electrons. The third kappa shape index (κ3) is 3.46. The van der Waals surface area contributed by atoms with Crippen LogP contribution < -0.4 is 5.32 Å². The Morgan fingerprint density at radius 3 is 2.94 bits per heavy atom. The van der Waals surface area contributed by atoms with Gasteiger partial charge in [0, 0.05) is 13.7 Å². The molecule has 0 aliphatic rings. The van der Waals surface area contributed by atoms with E-state index in [9.17, 15) is 4.39 Å². The van der Waals surface area contributed by atoms with Crippen molar-refractivity contribution in [3.8, 4) is 6.07 Å². The number of benzene rings is 1. The minimum Gasteiger partial charge on any atom is -0.383 e. The predicted octanol–water partition coefficient (Wildman–Crippen LogP) is 2.28. The highest BCUT2D eigenvalue weighted by atomic mass is 35.5. The van der Waals surface area contributed by atoms with Gasteiger partial charge in [0.15, 0.2) is 0 Å². The highest BCUT2D eigenvalue weighted by Crippen LogP contribution is 2.20. The summed E-state index contributed by atoms with van der Waals surface area (Å²) >= 11 is 5.64. The first-order chi connectivity index (χ1) is 7.69. The first kappa shape index (κ1) is 12.9. The summed E-state index contributed by atoms with van der Waals surface area (Å²) in [7, 11) is 1.58. The van der Waals surface area contributed by atoms with Gasteiger partial charge in [-0.25, -0.2) is 4.39 Å². The Labute approximate surface area is 98.8 Å². The van der Waals surface area contributed by atoms with E-state index in [-0.39, 0.29) is 5.02 Å². The Bertz CT molecular complexity index is 392. The molecule has 0 aliphatic carbocycles. The number of halogens is 2. The Balaban J connectivity index is 2.72. The Hall–Kier alpha value is -1.15. The molecule has 16 heavy (non-hydrogen) atoms. The van der Waals surface area contributed by atoms with Crippen LogP contribution in [0.25, 0.3) is 0 Å². The van der Waals surface area contributed by atoms with E-state index >= 15 is 0 Å². The van der Waals surface area contributed by atoms with Gasteiger partial charge in [-0.1, -0.05) is 17.7 Å². The molecule has 0 heterocycles. The summed E-state index contributed by atoms with van der Waals surface area (Å²) < 4.78 is 17.8. The van der Waals surface area contributed by atoms with Crippen LogP contribution in [0.4, 0.5) is 4.39 Å². The molecule has 1 atom stereocenters. The Morgan fingerprint density at radius 2 is 2.38 bits per heavy atom. The molecule has 86 valence electrons. The van der Waals surface area contributed by atoms with Crippen molar-refractivity contribution in [2.45, 2.75) is 6.04 Å². The van der Waals surface area contributed by atoms with Crippen LogP contribution in [0.5, 0.6) is 0 Å². The van der Waals surface area contributed by atoms with Crippen molar-refractivity contribution >= 4 is 11.6 Å². The Kier molecular flexibility index (Phi) is 5.20. The molecular weight excluding hydrogens is 231 g/mol. The lowest BCUT2D eigenvalue weighted by atomic mass is 10.1. The van der Waals surface area contributed by atoms with Gasteiger partial charge in [0.2, 0.25) is 0 Å². The van der Waals surface area contributed by atoms with Gasteiger partial charge < -0.3 is 4.74 Å². The summed E-state index contributed by atoms with van der Waals surface area (Å²) in [6.07, 6.45) is 0. The number of rotatable bonds is 5. The first-order valence-corrected chi connectivity index (χ1v) is 5.13. The second-order valence-electron chi connectivity index (χ2n) is 3.18. The summed E-state index contributed by atoms with van der Waals surface area (Å²) in [4.78, 5) is 0. The van der Waals surface area contributed by atoms with Crippen molar-refractivity contribution in [2.24, 2.45) is 0 Å². The summed E-state index contributed by atoms with van der Waals surface area (Å²) in [5, 5.41) is 11.9. The third-order valence-electron chi connectivity index (χ3n) is 2.06. The highest BCUT2D eigenvalue weighted by Gasteiger charge is 2.11. The van der Waals surface area contributed by atoms with Crippen LogP contribution in [0, 0.1) is 17.1 Å². The molecule has 0 aromatic heterocycles. The number of methoxy groups -OCH3 is 1. The minimum absolute atomic E-state index is 0.0197. The van der Waals surface area contributed by atoms with Gasteiger partial charge in [-0.05, 0) is 17.7 Å². The number of nitrogens with one attached hydrogen (secondary N) is 1. The van der Waals surface area contributed by atoms with E-state index in [2.05, 4.69) is 11.4 Å². The molecule has 0 saturated heterocycles. The zero-order valence-corrected chi connectivity index (χ0v) is 9.59. The fourth-order valence-electron chi connectivity index (χ4n) is 1.24. The van der Waals surface area contributed by atoms with Gasteiger partial charge in [0.05, 0.1) is 17.7 Å². The van der Waals surface area contributed by atoms with Crippen molar-refractivity contribution in [1.29, 1.82) is 5.26 Å². The number of nitrogens with zero attached hydrogens (tertiary/aromatic N) is 1. The molecule has 0 spiro atoms. The molecule has 1 unspecified atom stereocenters. The van der Waals surface area contributed by atoms with E-state index in [0.717, 1.165) is 0 Å². The fourth-order valence-corrected chi connectivity index (χ4v) is 1.42. The lowest BCUT2D eigenvalue weighted by Crippen LogP contribution is -2.23. The average molecular weight is 243 g/mol. The second-order valence-corrected chi connectivity index (χ2v) is 3.59. The van der Waals surface area contributed by atoms with Crippen LogP contribution in [0.3, 0.4) is 0 Å². The van der Waals surface area contributed by atoms with Crippen LogP contribution in [0.2, 0.25) is 5.02 Å². The lowest BCUT2D eigenvalue weighted by molar-refractivity contribution is 0.198. The smallest absolute Gasteiger partial charge is 0.141 e. The monoisotopic (exact) mass is 242 g/mol. The number of hydrogen-bond acceptors (Lipinski definition) is 3. The van der Waals surface area contributed by atoms with E-state index < -0.39 is 11.9 Å². The number of nitriles is 1. The van der Waals surface area contributed by atoms with Gasteiger partial charge in [0.25, 0.3) is 0 Å². The zero-order chi connectivity index (χ0) is 12.0. The third-order valence-corrected chi connectivity index (χ3v) is 2.35. The van der Waals surface area contributed by atoms with Crippen molar-refractivity contribution in [3.63, 3.8) is 0 Å². The van der Waals surface area contributed by atoms with Crippen LogP contribution in [-0.2, 0) is 4.74 Å². The number of hydrogen-bond donors (Lipinski definition) is 1. The predicted molar refractivity (Wildman–Crippen MR) is 59.6 cm³/mol. The lowest BCUT2D eigenvalue weighted by Gasteiger charge is -2.11. The van der Waals surface area contributed by atoms with Gasteiger partial charge in [-0.15, -0.1) is 0 Å². The topological polar surface area (TPSA) is 45.0 Å². The normalized spacial score (nSPS) is 12.1. The maximum Gasteiger partial charge on any atom is 0.141 e. The fraction of sp³-hybridized carbons (Fsp3) is 0.364. The zero-order valence-electron chi connectivity index (χ0n) is 8.84. The van der Waals surface area contributed by atoms with E-state index in [1.807, 2.05) is 0 Å². The van der Waals surface area contributed by atoms with Crippen molar-refractivity contribution in [1.82, 2.24) is 5.32 Å². The van der Waals surface area contributed by atoms with Gasteiger partial charge >= 0.3 is 0 Å². The van der Waals surface area contributed by atoms with Crippen LogP contribution >= 0.6 is 11.6 Å². The summed E-state index contributed by atoms with van der Waals surface area (Å²) in [5.74, 6) is -0.487. The largest absolute Gasteiger partial charge is 0.383 e. The second kappa shape index (κ2) is 6.44. The summed E-state index contributed by atoms with van der Waals surface area (Å²) in [5.41, 5.74) is 0.644. The molecular formula is C11H12ClFN2O. The van der Waals surface area contributed by atoms with E-state index in [0.29, 0.717) is 18.7 Å². The standard InChI is InChI=1S/C11H12ClFN2O/c1-16-5-4-15-11(7-14)8-2-3-10(13)9(12)6-8/h2-3,6,11,15H,4-5H2,1H3. The van der Waals surface area contributed by atoms with E-state index in [4.69, 9.17) is 21.6 Å². The Morgan fingerprint density at radius 1 is 1.62 bits per heavy atom. The molecule has 1 aromatic rings. The SMILES string of the molecule is COCCNC(C#N)c1ccc(F)c(Cl)c1. The molecule has 0 saturated carbocycles. The molecule has 0 bridgehead atoms. The summed E-state index contributed by atoms with van der Waals surface area (Å²) in [6.45, 7) is 1.05. The quantitative estimate of drug-likeness (QED) is 0.806. The van der Waals surface area contributed by atoms with Crippen molar-refractivity contribution < 1.29 is 9.13 Å². The maximum absolute atomic E-state index is 12.9. The van der Waals surface area contributed by atoms with Crippen molar-refractivity contribution in [2.75, 3.05) is 20.3 Å². The molecule has 3 nitrogen and oxygen atoms in total. The molecule has 0 amide bonds. The molecule has 0 fully saturated rings. The number of ether oxygens (including phenoxy) is 1. The molecule has 1 rings (SSSR count). The average Bonchev–Trinajstić information content (AvgIpc) is 2.29. The van der Waals surface area contributed by atoms with E-state index in [1.54, 1.807) is 7.11 Å². The van der Waals surface area contributed by atoms with Crippen LogP contribution in [0.1, 0.15) is 11.6 Å². The van der Waals surface area contributed by atoms with Crippen LogP contribution in [-0.4, -0.2) is 20.3 Å². The molecule has 1 N–H and O–H groups in total.